The van der Waals surface area contributed by atoms with Crippen LogP contribution in [0.4, 0.5) is 5.13 Å². The highest BCUT2D eigenvalue weighted by atomic mass is 32.1. The van der Waals surface area contributed by atoms with E-state index in [-0.39, 0.29) is 0 Å². The summed E-state index contributed by atoms with van der Waals surface area (Å²) < 4.78 is 0. The van der Waals surface area contributed by atoms with Gasteiger partial charge in [-0.05, 0) is 18.8 Å². The normalized spacial score (nSPS) is 11.2. The Balaban J connectivity index is 2.96. The van der Waals surface area contributed by atoms with Crippen LogP contribution in [0.3, 0.4) is 0 Å². The number of anilines is 1. The molecular formula is C13H22N2O2S. The minimum absolute atomic E-state index is 0.310. The Bertz CT molecular complexity index is 386. The second kappa shape index (κ2) is 6.73. The fourth-order valence-electron chi connectivity index (χ4n) is 2.00. The number of carboxylic acid groups (broad SMARTS) is 1. The van der Waals surface area contributed by atoms with Gasteiger partial charge in [-0.3, -0.25) is 0 Å². The van der Waals surface area contributed by atoms with E-state index in [1.54, 1.807) is 0 Å². The van der Waals surface area contributed by atoms with Gasteiger partial charge >= 0.3 is 5.97 Å². The van der Waals surface area contributed by atoms with Gasteiger partial charge in [0.25, 0.3) is 0 Å². The maximum Gasteiger partial charge on any atom is 0.347 e. The molecular weight excluding hydrogens is 248 g/mol. The number of carbonyl (C=O) groups is 1. The molecule has 0 amide bonds. The van der Waals surface area contributed by atoms with E-state index < -0.39 is 5.97 Å². The van der Waals surface area contributed by atoms with Crippen LogP contribution in [0.15, 0.2) is 6.20 Å². The lowest BCUT2D eigenvalue weighted by molar-refractivity contribution is 0.0702. The number of thiazole rings is 1. The van der Waals surface area contributed by atoms with E-state index >= 15 is 0 Å². The molecule has 1 aromatic rings. The summed E-state index contributed by atoms with van der Waals surface area (Å²) in [5.74, 6) is -0.365. The summed E-state index contributed by atoms with van der Waals surface area (Å²) in [6.07, 6.45) is 3.55. The summed E-state index contributed by atoms with van der Waals surface area (Å²) in [6.45, 7) is 9.57. The molecule has 0 saturated carbocycles. The summed E-state index contributed by atoms with van der Waals surface area (Å²) in [4.78, 5) is 17.8. The van der Waals surface area contributed by atoms with Crippen LogP contribution < -0.4 is 4.90 Å². The van der Waals surface area contributed by atoms with Crippen molar-refractivity contribution < 1.29 is 9.90 Å². The molecule has 0 unspecified atom stereocenters. The van der Waals surface area contributed by atoms with Crippen LogP contribution in [0.25, 0.3) is 0 Å². The zero-order valence-electron chi connectivity index (χ0n) is 11.5. The van der Waals surface area contributed by atoms with Crippen molar-refractivity contribution in [2.45, 2.75) is 46.6 Å². The Morgan fingerprint density at radius 2 is 2.06 bits per heavy atom. The maximum absolute atomic E-state index is 10.9. The van der Waals surface area contributed by atoms with Gasteiger partial charge in [-0.25, -0.2) is 9.78 Å². The van der Waals surface area contributed by atoms with Crippen molar-refractivity contribution in [3.05, 3.63) is 11.1 Å². The molecule has 0 spiro atoms. The van der Waals surface area contributed by atoms with Gasteiger partial charge in [0.2, 0.25) is 0 Å². The van der Waals surface area contributed by atoms with E-state index in [4.69, 9.17) is 5.11 Å². The highest BCUT2D eigenvalue weighted by Crippen LogP contribution is 2.27. The zero-order valence-corrected chi connectivity index (χ0v) is 12.3. The monoisotopic (exact) mass is 270 g/mol. The van der Waals surface area contributed by atoms with Crippen molar-refractivity contribution in [2.24, 2.45) is 5.92 Å². The van der Waals surface area contributed by atoms with Gasteiger partial charge in [-0.2, -0.15) is 0 Å². The molecule has 0 aliphatic rings. The predicted molar refractivity (Wildman–Crippen MR) is 75.6 cm³/mol. The molecule has 1 heterocycles. The fourth-order valence-corrected chi connectivity index (χ4v) is 2.84. The lowest BCUT2D eigenvalue weighted by Crippen LogP contribution is -2.37. The molecule has 0 aliphatic heterocycles. The molecule has 0 aromatic carbocycles. The van der Waals surface area contributed by atoms with E-state index in [9.17, 15) is 4.79 Å². The Kier molecular flexibility index (Phi) is 5.59. The van der Waals surface area contributed by atoms with Crippen molar-refractivity contribution in [1.29, 1.82) is 0 Å². The molecule has 4 nitrogen and oxygen atoms in total. The quantitative estimate of drug-likeness (QED) is 0.824. The molecule has 5 heteroatoms. The van der Waals surface area contributed by atoms with Gasteiger partial charge in [-0.15, -0.1) is 0 Å². The largest absolute Gasteiger partial charge is 0.477 e. The van der Waals surface area contributed by atoms with Crippen LogP contribution in [0.1, 0.15) is 50.2 Å². The number of rotatable bonds is 7. The molecule has 1 rings (SSSR count). The predicted octanol–water partition coefficient (Wildman–Crippen LogP) is 3.49. The number of carboxylic acids is 1. The van der Waals surface area contributed by atoms with Crippen LogP contribution in [0, 0.1) is 5.92 Å². The number of aromatic carboxylic acids is 1. The van der Waals surface area contributed by atoms with Gasteiger partial charge in [-0.1, -0.05) is 39.0 Å². The highest BCUT2D eigenvalue weighted by molar-refractivity contribution is 7.17. The summed E-state index contributed by atoms with van der Waals surface area (Å²) >= 11 is 1.27. The summed E-state index contributed by atoms with van der Waals surface area (Å²) in [5.41, 5.74) is 0. The number of hydrogen-bond acceptors (Lipinski definition) is 4. The molecule has 102 valence electrons. The molecule has 0 radical (unpaired) electrons. The van der Waals surface area contributed by atoms with Crippen molar-refractivity contribution in [3.63, 3.8) is 0 Å². The van der Waals surface area contributed by atoms with Gasteiger partial charge in [0.1, 0.15) is 4.88 Å². The van der Waals surface area contributed by atoms with Crippen molar-refractivity contribution in [3.8, 4) is 0 Å². The van der Waals surface area contributed by atoms with Gasteiger partial charge in [0.15, 0.2) is 5.13 Å². The third kappa shape index (κ3) is 3.70. The van der Waals surface area contributed by atoms with Crippen LogP contribution >= 0.6 is 11.3 Å². The van der Waals surface area contributed by atoms with Crippen molar-refractivity contribution in [1.82, 2.24) is 4.98 Å². The van der Waals surface area contributed by atoms with E-state index in [1.165, 1.54) is 17.5 Å². The van der Waals surface area contributed by atoms with Crippen LogP contribution in [-0.4, -0.2) is 28.6 Å². The smallest absolute Gasteiger partial charge is 0.347 e. The van der Waals surface area contributed by atoms with Crippen molar-refractivity contribution >= 4 is 22.4 Å². The minimum Gasteiger partial charge on any atom is -0.477 e. The lowest BCUT2D eigenvalue weighted by Gasteiger charge is -2.31. The van der Waals surface area contributed by atoms with E-state index in [2.05, 4.69) is 37.6 Å². The third-order valence-corrected chi connectivity index (χ3v) is 3.92. The summed E-state index contributed by atoms with van der Waals surface area (Å²) in [5, 5.41) is 9.80. The molecule has 1 N–H and O–H groups in total. The Morgan fingerprint density at radius 1 is 1.44 bits per heavy atom. The van der Waals surface area contributed by atoms with Crippen molar-refractivity contribution in [2.75, 3.05) is 11.4 Å². The minimum atomic E-state index is -0.896. The average Bonchev–Trinajstić information content (AvgIpc) is 2.78. The number of aromatic nitrogens is 1. The van der Waals surface area contributed by atoms with Crippen LogP contribution in [0.2, 0.25) is 0 Å². The first kappa shape index (κ1) is 15.0. The lowest BCUT2D eigenvalue weighted by atomic mass is 10.1. The van der Waals surface area contributed by atoms with E-state index in [1.807, 2.05) is 0 Å². The van der Waals surface area contributed by atoms with Crippen LogP contribution in [0.5, 0.6) is 0 Å². The van der Waals surface area contributed by atoms with Gasteiger partial charge in [0.05, 0.1) is 6.20 Å². The third-order valence-electron chi connectivity index (χ3n) is 2.90. The first-order valence-electron chi connectivity index (χ1n) is 6.45. The van der Waals surface area contributed by atoms with E-state index in [0.717, 1.165) is 24.5 Å². The highest BCUT2D eigenvalue weighted by Gasteiger charge is 2.21. The first-order valence-corrected chi connectivity index (χ1v) is 7.26. The SMILES string of the molecule is CCC(CC)N(CC(C)C)c1ncc(C(=O)O)s1. The van der Waals surface area contributed by atoms with Gasteiger partial charge < -0.3 is 10.0 Å². The molecule has 0 atom stereocenters. The topological polar surface area (TPSA) is 53.4 Å². The van der Waals surface area contributed by atoms with Gasteiger partial charge in [0, 0.05) is 12.6 Å². The maximum atomic E-state index is 10.9. The van der Waals surface area contributed by atoms with Crippen LogP contribution in [-0.2, 0) is 0 Å². The molecule has 0 saturated heterocycles. The second-order valence-electron chi connectivity index (χ2n) is 4.83. The fraction of sp³-hybridized carbons (Fsp3) is 0.692. The molecule has 0 aliphatic carbocycles. The standard InChI is InChI=1S/C13H22N2O2S/c1-5-10(6-2)15(8-9(3)4)13-14-7-11(18-13)12(16)17/h7,9-10H,5-6,8H2,1-4H3,(H,16,17). The summed E-state index contributed by atoms with van der Waals surface area (Å²) in [6, 6.07) is 0.431. The number of hydrogen-bond donors (Lipinski definition) is 1. The van der Waals surface area contributed by atoms with E-state index in [0.29, 0.717) is 16.8 Å². The summed E-state index contributed by atoms with van der Waals surface area (Å²) in [7, 11) is 0. The first-order chi connectivity index (χ1) is 8.49. The Morgan fingerprint density at radius 3 is 2.44 bits per heavy atom. The number of nitrogens with zero attached hydrogens (tertiary/aromatic N) is 2. The molecule has 0 fully saturated rings. The molecule has 1 aromatic heterocycles. The Labute approximate surface area is 113 Å². The molecule has 18 heavy (non-hydrogen) atoms. The Hall–Kier alpha value is -1.10. The molecule has 0 bridgehead atoms. The average molecular weight is 270 g/mol. The zero-order chi connectivity index (χ0) is 13.7. The second-order valence-corrected chi connectivity index (χ2v) is 5.84.